The molecule has 0 aromatic carbocycles. The Kier molecular flexibility index (Phi) is 12.7. The Morgan fingerprint density at radius 1 is 0.677 bits per heavy atom. The number of aliphatic hydroxyl groups excluding tert-OH is 6. The molecule has 0 heterocycles. The van der Waals surface area contributed by atoms with Crippen molar-refractivity contribution in [2.75, 3.05) is 27.4 Å². The van der Waals surface area contributed by atoms with Gasteiger partial charge in [0, 0.05) is 0 Å². The summed E-state index contributed by atoms with van der Waals surface area (Å²) in [5.74, 6) is -1.66. The molecule has 31 heavy (non-hydrogen) atoms. The van der Waals surface area contributed by atoms with E-state index in [9.17, 15) is 30.6 Å². The Hall–Kier alpha value is 0.234. The van der Waals surface area contributed by atoms with E-state index < -0.39 is 68.0 Å². The minimum atomic E-state index is -4.00. The molecule has 0 aliphatic heterocycles. The van der Waals surface area contributed by atoms with E-state index in [0.717, 1.165) is 0 Å². The predicted octanol–water partition coefficient (Wildman–Crippen LogP) is -0.987. The van der Waals surface area contributed by atoms with Gasteiger partial charge in [0.1, 0.15) is 0 Å². The molecule has 13 heteroatoms. The van der Waals surface area contributed by atoms with Gasteiger partial charge in [-0.1, -0.05) is 0 Å². The molecule has 0 saturated heterocycles. The zero-order chi connectivity index (χ0) is 24.8. The van der Waals surface area contributed by atoms with Gasteiger partial charge in [-0.3, -0.25) is 0 Å². The number of methoxy groups -OCH3 is 2. The summed E-state index contributed by atoms with van der Waals surface area (Å²) in [7, 11) is 2.67. The molecular weight excluding hydrogens is 452 g/mol. The van der Waals surface area contributed by atoms with Gasteiger partial charge >= 0.3 is 192 Å². The Morgan fingerprint density at radius 2 is 0.968 bits per heavy atom. The normalized spacial score (nSPS) is 22.8. The molecule has 189 valence electrons. The summed E-state index contributed by atoms with van der Waals surface area (Å²) in [4.78, 5) is 0. The van der Waals surface area contributed by atoms with Crippen molar-refractivity contribution in [2.24, 2.45) is 0 Å². The first-order chi connectivity index (χ1) is 14.2. The Labute approximate surface area is 192 Å². The minimum absolute atomic E-state index is 0.201. The van der Waals surface area contributed by atoms with Crippen LogP contribution in [-0.4, -0.2) is 107 Å². The molecule has 0 radical (unpaired) electrons. The van der Waals surface area contributed by atoms with Crippen LogP contribution in [0.25, 0.3) is 0 Å². The first-order valence-corrected chi connectivity index (χ1v) is 12.3. The molecule has 0 fully saturated rings. The number of rotatable bonds is 15. The molecule has 0 saturated carbocycles. The van der Waals surface area contributed by atoms with Gasteiger partial charge < -0.3 is 0 Å². The molecule has 6 unspecified atom stereocenters. The summed E-state index contributed by atoms with van der Waals surface area (Å²) in [5, 5.41) is 64.8. The molecule has 6 atom stereocenters. The average molecular weight is 495 g/mol. The van der Waals surface area contributed by atoms with Crippen LogP contribution < -0.4 is 0 Å². The molecule has 0 bridgehead atoms. The summed E-state index contributed by atoms with van der Waals surface area (Å²) in [6, 6.07) is 0. The maximum absolute atomic E-state index is 10.8. The second-order valence-electron chi connectivity index (χ2n) is 7.56. The third-order valence-electron chi connectivity index (χ3n) is 5.74. The van der Waals surface area contributed by atoms with Crippen molar-refractivity contribution < 1.29 is 72.9 Å². The van der Waals surface area contributed by atoms with Gasteiger partial charge in [0.25, 0.3) is 0 Å². The van der Waals surface area contributed by atoms with Gasteiger partial charge in [-0.05, 0) is 0 Å². The maximum atomic E-state index is 10.8. The molecule has 12 nitrogen and oxygen atoms in total. The zero-order valence-electron chi connectivity index (χ0n) is 20.1. The number of hydrogen-bond donors (Lipinski definition) is 6. The summed E-state index contributed by atoms with van der Waals surface area (Å²) < 4.78 is 20.8. The van der Waals surface area contributed by atoms with Crippen molar-refractivity contribution in [3.8, 4) is 0 Å². The molecule has 0 aromatic heterocycles. The van der Waals surface area contributed by atoms with Gasteiger partial charge in [0.15, 0.2) is 0 Å². The van der Waals surface area contributed by atoms with Crippen LogP contribution in [0, 0.1) is 0 Å². The second-order valence-corrected chi connectivity index (χ2v) is 11.3. The van der Waals surface area contributed by atoms with Crippen molar-refractivity contribution in [3.63, 3.8) is 0 Å². The topological polar surface area (TPSA) is 158 Å². The molecule has 6 N–H and O–H groups in total. The van der Waals surface area contributed by atoms with Crippen LogP contribution in [0.5, 0.6) is 0 Å². The van der Waals surface area contributed by atoms with E-state index in [0.29, 0.717) is 0 Å². The van der Waals surface area contributed by atoms with Gasteiger partial charge in [0.2, 0.25) is 0 Å². The fourth-order valence-corrected chi connectivity index (χ4v) is 9.20. The van der Waals surface area contributed by atoms with Crippen LogP contribution >= 0.6 is 0 Å². The van der Waals surface area contributed by atoms with Crippen molar-refractivity contribution >= 4 is 0 Å². The van der Waals surface area contributed by atoms with E-state index in [1.165, 1.54) is 55.8 Å². The molecule has 0 aliphatic carbocycles. The molecule has 0 spiro atoms. The fourth-order valence-electron chi connectivity index (χ4n) is 4.09. The van der Waals surface area contributed by atoms with Crippen molar-refractivity contribution in [1.82, 2.24) is 0 Å². The molecule has 0 aliphatic rings. The Balaban J connectivity index is 7.02. The van der Waals surface area contributed by atoms with E-state index in [4.69, 9.17) is 17.5 Å². The summed E-state index contributed by atoms with van der Waals surface area (Å²) in [6.45, 7) is 9.69. The van der Waals surface area contributed by atoms with Gasteiger partial charge in [0.05, 0.1) is 0 Å². The van der Waals surface area contributed by atoms with Crippen LogP contribution in [0.3, 0.4) is 0 Å². The van der Waals surface area contributed by atoms with Gasteiger partial charge in [-0.15, -0.1) is 0 Å². The monoisotopic (exact) mass is 495 g/mol. The Bertz CT molecular complexity index is 440. The summed E-state index contributed by atoms with van der Waals surface area (Å²) >= 11 is -4.00. The number of nitrogens with zero attached hydrogens (tertiary/aromatic N) is 2. The fraction of sp³-hybridized carbons (Fsp3) is 1.00. The zero-order valence-corrected chi connectivity index (χ0v) is 21.7. The second kappa shape index (κ2) is 12.6. The van der Waals surface area contributed by atoms with Crippen molar-refractivity contribution in [3.05, 3.63) is 0 Å². The first-order valence-electron chi connectivity index (χ1n) is 10.3. The summed E-state index contributed by atoms with van der Waals surface area (Å²) in [5.41, 5.74) is 0. The van der Waals surface area contributed by atoms with Crippen LogP contribution in [0.1, 0.15) is 48.5 Å². The number of quaternary nitrogens is 2. The Morgan fingerprint density at radius 3 is 1.16 bits per heavy atom. The molecule has 0 amide bonds. The summed E-state index contributed by atoms with van der Waals surface area (Å²) in [6.07, 6.45) is -8.36. The quantitative estimate of drug-likeness (QED) is 0.123. The van der Waals surface area contributed by atoms with Crippen LogP contribution in [0.4, 0.5) is 0 Å². The standard InChI is InChI=1S/2C6H15NO3.C6H13O4.Ti/c2*1-4(8)7(5(2)9)6(3)10;1-4-10-6(5-7,8-2)9-3;/h2*4-6,8-10H,1-3H3;4-5H2,1-3H3;/q;;-1;+1. The van der Waals surface area contributed by atoms with Gasteiger partial charge in [-0.2, -0.15) is 0 Å². The van der Waals surface area contributed by atoms with E-state index >= 15 is 0 Å². The number of hydrogen-bond acceptors (Lipinski definition) is 10. The van der Waals surface area contributed by atoms with Crippen LogP contribution in [0.15, 0.2) is 0 Å². The van der Waals surface area contributed by atoms with Crippen LogP contribution in [-0.2, 0) is 36.3 Å². The molecular formula is C18H43N2O10Ti. The molecule has 0 rings (SSSR count). The van der Waals surface area contributed by atoms with Crippen molar-refractivity contribution in [2.45, 2.75) is 91.8 Å². The van der Waals surface area contributed by atoms with Crippen LogP contribution in [0.2, 0.25) is 0 Å². The number of ether oxygens (including phenoxy) is 3. The number of aliphatic hydroxyl groups is 6. The van der Waals surface area contributed by atoms with E-state index in [2.05, 4.69) is 0 Å². The predicted molar refractivity (Wildman–Crippen MR) is 105 cm³/mol. The average Bonchev–Trinajstić information content (AvgIpc) is 2.63. The third-order valence-corrected chi connectivity index (χ3v) is 11.9. The van der Waals surface area contributed by atoms with E-state index in [-0.39, 0.29) is 13.2 Å². The van der Waals surface area contributed by atoms with Gasteiger partial charge in [-0.25, -0.2) is 0 Å². The van der Waals surface area contributed by atoms with E-state index in [1.807, 2.05) is 0 Å². The molecule has 0 aromatic rings. The van der Waals surface area contributed by atoms with E-state index in [1.54, 1.807) is 6.92 Å². The van der Waals surface area contributed by atoms with Crippen molar-refractivity contribution in [1.29, 1.82) is 0 Å². The SMILES string of the molecule is CCOC(C[O][Ti-2]([N+](C(C)O)(C(C)O)C(C)O)[N+](C(C)O)(C(C)O)C(C)O)(OC)OC. The first kappa shape index (κ1) is 31.2. The third kappa shape index (κ3) is 5.84.